The molecule has 0 heterocycles. The molecule has 0 bridgehead atoms. The van der Waals surface area contributed by atoms with Crippen LogP contribution in [0.5, 0.6) is 0 Å². The van der Waals surface area contributed by atoms with Crippen LogP contribution in [-0.4, -0.2) is 28.7 Å². The monoisotopic (exact) mass is 307 g/mol. The van der Waals surface area contributed by atoms with E-state index in [1.54, 1.807) is 12.1 Å². The second-order valence-electron chi connectivity index (χ2n) is 6.01. The first-order chi connectivity index (χ1) is 10.4. The van der Waals surface area contributed by atoms with Crippen LogP contribution >= 0.6 is 0 Å². The fourth-order valence-corrected chi connectivity index (χ4v) is 2.84. The van der Waals surface area contributed by atoms with Gasteiger partial charge in [0.2, 0.25) is 0 Å². The number of aliphatic hydroxyl groups is 1. The van der Waals surface area contributed by atoms with E-state index in [0.29, 0.717) is 5.56 Å². The third-order valence-corrected chi connectivity index (χ3v) is 4.32. The average Bonchev–Trinajstić information content (AvgIpc) is 2.87. The zero-order valence-electron chi connectivity index (χ0n) is 12.5. The zero-order valence-corrected chi connectivity index (χ0v) is 12.5. The Kier molecular flexibility index (Phi) is 4.97. The fourth-order valence-electron chi connectivity index (χ4n) is 2.84. The Labute approximate surface area is 128 Å². The normalized spacial score (nSPS) is 24.0. The fraction of sp³-hybridized carbons (Fsp3) is 0.533. The summed E-state index contributed by atoms with van der Waals surface area (Å²) >= 11 is 0. The van der Waals surface area contributed by atoms with Gasteiger partial charge in [-0.15, -0.1) is 0 Å². The highest BCUT2D eigenvalue weighted by Gasteiger charge is 2.39. The molecule has 2 amide bonds. The number of nitrogens with one attached hydrogen (secondary N) is 2. The summed E-state index contributed by atoms with van der Waals surface area (Å²) in [4.78, 5) is 22.2. The molecule has 0 spiro atoms. The van der Waals surface area contributed by atoms with Gasteiger partial charge in [0, 0.05) is 30.1 Å². The third kappa shape index (κ3) is 3.73. The van der Waals surface area contributed by atoms with Crippen LogP contribution in [0.1, 0.15) is 31.7 Å². The van der Waals surface area contributed by atoms with Gasteiger partial charge in [0.25, 0.3) is 5.69 Å². The minimum Gasteiger partial charge on any atom is -0.396 e. The lowest BCUT2D eigenvalue weighted by molar-refractivity contribution is -0.384. The van der Waals surface area contributed by atoms with Crippen LogP contribution < -0.4 is 10.6 Å². The van der Waals surface area contributed by atoms with Crippen molar-refractivity contribution < 1.29 is 14.8 Å². The topological polar surface area (TPSA) is 104 Å². The molecule has 120 valence electrons. The molecule has 1 saturated carbocycles. The summed E-state index contributed by atoms with van der Waals surface area (Å²) in [6, 6.07) is 5.79. The Morgan fingerprint density at radius 1 is 1.55 bits per heavy atom. The minimum absolute atomic E-state index is 0.00311. The number of hydrogen-bond donors (Lipinski definition) is 3. The van der Waals surface area contributed by atoms with Gasteiger partial charge in [-0.1, -0.05) is 25.5 Å². The summed E-state index contributed by atoms with van der Waals surface area (Å²) in [5.41, 5.74) is 0.395. The first kappa shape index (κ1) is 16.2. The summed E-state index contributed by atoms with van der Waals surface area (Å²) in [7, 11) is 0. The van der Waals surface area contributed by atoms with E-state index >= 15 is 0 Å². The van der Waals surface area contributed by atoms with E-state index in [1.807, 2.05) is 6.92 Å². The zero-order chi connectivity index (χ0) is 16.2. The van der Waals surface area contributed by atoms with Gasteiger partial charge in [0.15, 0.2) is 0 Å². The number of nitro groups is 1. The highest BCUT2D eigenvalue weighted by atomic mass is 16.6. The Balaban J connectivity index is 1.88. The molecule has 22 heavy (non-hydrogen) atoms. The van der Waals surface area contributed by atoms with Crippen LogP contribution in [0.4, 0.5) is 10.5 Å². The number of carbonyl (C=O) groups is 1. The number of aliphatic hydroxyl groups excluding tert-OH is 1. The SMILES string of the molecule is CC1(CO)CCCC1NC(=O)NCc1cccc([N+](=O)[O-])c1. The molecule has 2 rings (SSSR count). The van der Waals surface area contributed by atoms with E-state index < -0.39 is 4.92 Å². The van der Waals surface area contributed by atoms with Crippen molar-refractivity contribution in [1.82, 2.24) is 10.6 Å². The Morgan fingerprint density at radius 2 is 2.32 bits per heavy atom. The van der Waals surface area contributed by atoms with Crippen LogP contribution in [0.25, 0.3) is 0 Å². The number of amides is 2. The first-order valence-corrected chi connectivity index (χ1v) is 7.33. The van der Waals surface area contributed by atoms with E-state index in [1.165, 1.54) is 12.1 Å². The number of rotatable bonds is 5. The van der Waals surface area contributed by atoms with Crippen molar-refractivity contribution in [1.29, 1.82) is 0 Å². The van der Waals surface area contributed by atoms with Crippen molar-refractivity contribution in [3.63, 3.8) is 0 Å². The van der Waals surface area contributed by atoms with Gasteiger partial charge in [0.1, 0.15) is 0 Å². The Hall–Kier alpha value is -2.15. The number of hydrogen-bond acceptors (Lipinski definition) is 4. The van der Waals surface area contributed by atoms with E-state index in [0.717, 1.165) is 19.3 Å². The van der Waals surface area contributed by atoms with Gasteiger partial charge >= 0.3 is 6.03 Å². The van der Waals surface area contributed by atoms with E-state index in [4.69, 9.17) is 0 Å². The molecule has 1 aromatic rings. The minimum atomic E-state index is -0.464. The second kappa shape index (κ2) is 6.74. The maximum Gasteiger partial charge on any atom is 0.315 e. The molecule has 0 radical (unpaired) electrons. The summed E-state index contributed by atoms with van der Waals surface area (Å²) < 4.78 is 0. The average molecular weight is 307 g/mol. The molecule has 3 N–H and O–H groups in total. The van der Waals surface area contributed by atoms with Crippen molar-refractivity contribution in [2.24, 2.45) is 5.41 Å². The summed E-state index contributed by atoms with van der Waals surface area (Å²) in [6.07, 6.45) is 2.72. The predicted octanol–water partition coefficient (Wildman–Crippen LogP) is 1.95. The Bertz CT molecular complexity index is 563. The van der Waals surface area contributed by atoms with E-state index in [9.17, 15) is 20.0 Å². The molecule has 2 unspecified atom stereocenters. The van der Waals surface area contributed by atoms with Gasteiger partial charge in [-0.2, -0.15) is 0 Å². The molecule has 1 aliphatic carbocycles. The lowest BCUT2D eigenvalue weighted by Gasteiger charge is -2.30. The van der Waals surface area contributed by atoms with Crippen LogP contribution in [-0.2, 0) is 6.54 Å². The van der Waals surface area contributed by atoms with Crippen molar-refractivity contribution in [3.05, 3.63) is 39.9 Å². The Morgan fingerprint density at radius 3 is 3.00 bits per heavy atom. The largest absolute Gasteiger partial charge is 0.396 e. The lowest BCUT2D eigenvalue weighted by atomic mass is 9.86. The molecule has 0 saturated heterocycles. The summed E-state index contributed by atoms with van der Waals surface area (Å²) in [5, 5.41) is 25.8. The molecule has 1 aliphatic rings. The van der Waals surface area contributed by atoms with Crippen molar-refractivity contribution in [3.8, 4) is 0 Å². The van der Waals surface area contributed by atoms with Crippen LogP contribution in [0.15, 0.2) is 24.3 Å². The van der Waals surface area contributed by atoms with Gasteiger partial charge < -0.3 is 15.7 Å². The van der Waals surface area contributed by atoms with Crippen LogP contribution in [0, 0.1) is 15.5 Å². The molecular weight excluding hydrogens is 286 g/mol. The van der Waals surface area contributed by atoms with Gasteiger partial charge in [-0.05, 0) is 18.4 Å². The summed E-state index contributed by atoms with van der Waals surface area (Å²) in [6.45, 7) is 2.23. The van der Waals surface area contributed by atoms with Gasteiger partial charge in [-0.3, -0.25) is 10.1 Å². The molecule has 7 nitrogen and oxygen atoms in total. The maximum absolute atomic E-state index is 12.0. The maximum atomic E-state index is 12.0. The van der Waals surface area contributed by atoms with Crippen molar-refractivity contribution in [2.45, 2.75) is 38.8 Å². The lowest BCUT2D eigenvalue weighted by Crippen LogP contribution is -2.48. The molecule has 0 aliphatic heterocycles. The number of non-ortho nitro benzene ring substituents is 1. The van der Waals surface area contributed by atoms with Crippen molar-refractivity contribution in [2.75, 3.05) is 6.61 Å². The van der Waals surface area contributed by atoms with Gasteiger partial charge in [0.05, 0.1) is 11.5 Å². The quantitative estimate of drug-likeness (QED) is 0.571. The molecular formula is C15H21N3O4. The van der Waals surface area contributed by atoms with Crippen LogP contribution in [0.3, 0.4) is 0 Å². The van der Waals surface area contributed by atoms with Crippen LogP contribution in [0.2, 0.25) is 0 Å². The standard InChI is InChI=1S/C15H21N3O4/c1-15(10-19)7-3-6-13(15)17-14(20)16-9-11-4-2-5-12(8-11)18(21)22/h2,4-5,8,13,19H,3,6-7,9-10H2,1H3,(H2,16,17,20). The smallest absolute Gasteiger partial charge is 0.315 e. The molecule has 1 aromatic carbocycles. The molecule has 2 atom stereocenters. The number of nitro benzene ring substituents is 1. The summed E-state index contributed by atoms with van der Waals surface area (Å²) in [5.74, 6) is 0. The molecule has 7 heteroatoms. The number of urea groups is 1. The molecule has 0 aromatic heterocycles. The third-order valence-electron chi connectivity index (χ3n) is 4.32. The van der Waals surface area contributed by atoms with Gasteiger partial charge in [-0.25, -0.2) is 4.79 Å². The highest BCUT2D eigenvalue weighted by molar-refractivity contribution is 5.74. The van der Waals surface area contributed by atoms with E-state index in [-0.39, 0.29) is 36.3 Å². The number of nitrogens with zero attached hydrogens (tertiary/aromatic N) is 1. The number of benzene rings is 1. The molecule has 1 fully saturated rings. The highest BCUT2D eigenvalue weighted by Crippen LogP contribution is 2.37. The van der Waals surface area contributed by atoms with Crippen molar-refractivity contribution >= 4 is 11.7 Å². The second-order valence-corrected chi connectivity index (χ2v) is 6.01. The van der Waals surface area contributed by atoms with E-state index in [2.05, 4.69) is 10.6 Å². The first-order valence-electron chi connectivity index (χ1n) is 7.33. The predicted molar refractivity (Wildman–Crippen MR) is 81.3 cm³/mol. The number of carbonyl (C=O) groups excluding carboxylic acids is 1.